The van der Waals surface area contributed by atoms with Gasteiger partial charge in [0.15, 0.2) is 0 Å². The highest BCUT2D eigenvalue weighted by atomic mass is 35.5. The van der Waals surface area contributed by atoms with Gasteiger partial charge in [0.2, 0.25) is 0 Å². The van der Waals surface area contributed by atoms with Crippen LogP contribution in [0.5, 0.6) is 0 Å². The first kappa shape index (κ1) is 17.6. The first-order chi connectivity index (χ1) is 12.5. The number of primary amides is 1. The minimum Gasteiger partial charge on any atom is -0.380 e. The molecule has 0 saturated carbocycles. The van der Waals surface area contributed by atoms with Crippen molar-refractivity contribution in [2.24, 2.45) is 5.73 Å². The zero-order valence-electron chi connectivity index (χ0n) is 13.5. The Labute approximate surface area is 154 Å². The highest BCUT2D eigenvalue weighted by Crippen LogP contribution is 2.23. The Hall–Kier alpha value is -3.19. The molecule has 0 bridgehead atoms. The minimum atomic E-state index is -0.619. The summed E-state index contributed by atoms with van der Waals surface area (Å²) in [4.78, 5) is 19.6. The summed E-state index contributed by atoms with van der Waals surface area (Å²) < 4.78 is 13.2. The molecule has 132 valence electrons. The topological polar surface area (TPSA) is 92.9 Å². The van der Waals surface area contributed by atoms with Crippen LogP contribution in [0.1, 0.15) is 15.9 Å². The molecule has 0 aliphatic carbocycles. The van der Waals surface area contributed by atoms with Crippen molar-refractivity contribution in [1.82, 2.24) is 9.97 Å². The van der Waals surface area contributed by atoms with E-state index in [0.29, 0.717) is 22.1 Å². The maximum Gasteiger partial charge on any atom is 0.252 e. The molecule has 26 heavy (non-hydrogen) atoms. The lowest BCUT2D eigenvalue weighted by Gasteiger charge is -2.13. The Bertz CT molecular complexity index is 950. The summed E-state index contributed by atoms with van der Waals surface area (Å²) in [6.07, 6.45) is 4.03. The molecule has 0 aliphatic rings. The van der Waals surface area contributed by atoms with E-state index in [4.69, 9.17) is 17.3 Å². The van der Waals surface area contributed by atoms with Crippen LogP contribution in [0.25, 0.3) is 0 Å². The largest absolute Gasteiger partial charge is 0.380 e. The molecule has 0 fully saturated rings. The van der Waals surface area contributed by atoms with E-state index in [-0.39, 0.29) is 12.1 Å². The highest BCUT2D eigenvalue weighted by Gasteiger charge is 2.11. The van der Waals surface area contributed by atoms with Gasteiger partial charge in [-0.3, -0.25) is 9.78 Å². The average molecular weight is 372 g/mol. The van der Waals surface area contributed by atoms with Gasteiger partial charge in [-0.1, -0.05) is 17.7 Å². The lowest BCUT2D eigenvalue weighted by atomic mass is 10.2. The van der Waals surface area contributed by atoms with Crippen molar-refractivity contribution >= 4 is 34.7 Å². The Kier molecular flexibility index (Phi) is 5.28. The van der Waals surface area contributed by atoms with E-state index in [9.17, 15) is 9.18 Å². The van der Waals surface area contributed by atoms with Crippen LogP contribution in [0.4, 0.5) is 21.6 Å². The first-order valence-electron chi connectivity index (χ1n) is 7.67. The summed E-state index contributed by atoms with van der Waals surface area (Å²) in [5.74, 6) is -0.554. The fourth-order valence-electron chi connectivity index (χ4n) is 2.33. The standard InChI is InChI=1S/C18H15ClFN5O/c19-12-2-1-3-14(5-12)25-17-6-16(15(10-24-17)18(21)26)23-8-11-4-13(20)9-22-7-11/h1-7,9-10H,8H2,(H2,21,26)(H2,23,24,25). The fraction of sp³-hybridized carbons (Fsp3) is 0.0556. The second-order valence-electron chi connectivity index (χ2n) is 5.48. The maximum absolute atomic E-state index is 13.2. The highest BCUT2D eigenvalue weighted by molar-refractivity contribution is 6.30. The number of aromatic nitrogens is 2. The zero-order chi connectivity index (χ0) is 18.5. The van der Waals surface area contributed by atoms with Crippen LogP contribution in [0.2, 0.25) is 5.02 Å². The molecule has 0 spiro atoms. The molecule has 3 aromatic rings. The van der Waals surface area contributed by atoms with Gasteiger partial charge < -0.3 is 16.4 Å². The number of rotatable bonds is 6. The Balaban J connectivity index is 1.83. The number of nitrogens with one attached hydrogen (secondary N) is 2. The summed E-state index contributed by atoms with van der Waals surface area (Å²) in [7, 11) is 0. The first-order valence-corrected chi connectivity index (χ1v) is 8.05. The molecule has 0 unspecified atom stereocenters. The molecular weight excluding hydrogens is 357 g/mol. The van der Waals surface area contributed by atoms with Gasteiger partial charge in [-0.15, -0.1) is 0 Å². The number of hydrogen-bond acceptors (Lipinski definition) is 5. The molecule has 0 radical (unpaired) electrons. The Morgan fingerprint density at radius 3 is 2.77 bits per heavy atom. The molecule has 4 N–H and O–H groups in total. The van der Waals surface area contributed by atoms with E-state index in [2.05, 4.69) is 20.6 Å². The second kappa shape index (κ2) is 7.79. The van der Waals surface area contributed by atoms with E-state index < -0.39 is 11.7 Å². The quantitative estimate of drug-likeness (QED) is 0.614. The van der Waals surface area contributed by atoms with Crippen molar-refractivity contribution in [3.05, 3.63) is 77.0 Å². The molecule has 2 aromatic heterocycles. The van der Waals surface area contributed by atoms with Gasteiger partial charge in [-0.05, 0) is 29.8 Å². The molecular formula is C18H15ClFN5O. The van der Waals surface area contributed by atoms with Gasteiger partial charge in [0.1, 0.15) is 11.6 Å². The van der Waals surface area contributed by atoms with Gasteiger partial charge in [0.05, 0.1) is 17.4 Å². The average Bonchev–Trinajstić information content (AvgIpc) is 2.60. The number of nitrogens with zero attached hydrogens (tertiary/aromatic N) is 2. The number of benzene rings is 1. The Morgan fingerprint density at radius 1 is 1.19 bits per heavy atom. The summed E-state index contributed by atoms with van der Waals surface area (Å²) in [6.45, 7) is 0.270. The van der Waals surface area contributed by atoms with Gasteiger partial charge in [-0.25, -0.2) is 9.37 Å². The van der Waals surface area contributed by atoms with E-state index in [1.54, 1.807) is 24.3 Å². The van der Waals surface area contributed by atoms with Crippen LogP contribution in [0, 0.1) is 5.82 Å². The predicted octanol–water partition coefficient (Wildman–Crippen LogP) is 3.72. The van der Waals surface area contributed by atoms with Gasteiger partial charge >= 0.3 is 0 Å². The third-order valence-corrected chi connectivity index (χ3v) is 3.75. The van der Waals surface area contributed by atoms with Crippen molar-refractivity contribution in [2.45, 2.75) is 6.54 Å². The van der Waals surface area contributed by atoms with Crippen molar-refractivity contribution in [1.29, 1.82) is 0 Å². The molecule has 8 heteroatoms. The van der Waals surface area contributed by atoms with Gasteiger partial charge in [-0.2, -0.15) is 0 Å². The second-order valence-corrected chi connectivity index (χ2v) is 5.92. The fourth-order valence-corrected chi connectivity index (χ4v) is 2.52. The van der Waals surface area contributed by atoms with Gasteiger partial charge in [0, 0.05) is 35.7 Å². The van der Waals surface area contributed by atoms with Crippen LogP contribution in [-0.4, -0.2) is 15.9 Å². The smallest absolute Gasteiger partial charge is 0.252 e. The maximum atomic E-state index is 13.2. The lowest BCUT2D eigenvalue weighted by molar-refractivity contribution is 0.100. The number of amides is 1. The molecule has 1 aromatic carbocycles. The summed E-state index contributed by atoms with van der Waals surface area (Å²) in [5, 5.41) is 6.74. The van der Waals surface area contributed by atoms with E-state index in [1.807, 2.05) is 6.07 Å². The summed E-state index contributed by atoms with van der Waals surface area (Å²) >= 11 is 5.97. The van der Waals surface area contributed by atoms with Gasteiger partial charge in [0.25, 0.3) is 5.91 Å². The predicted molar refractivity (Wildman–Crippen MR) is 99.0 cm³/mol. The summed E-state index contributed by atoms with van der Waals surface area (Å²) in [6, 6.07) is 10.1. The molecule has 0 aliphatic heterocycles. The van der Waals surface area contributed by atoms with Crippen molar-refractivity contribution in [2.75, 3.05) is 10.6 Å². The van der Waals surface area contributed by atoms with Crippen LogP contribution in [-0.2, 0) is 6.54 Å². The normalized spacial score (nSPS) is 10.4. The van der Waals surface area contributed by atoms with Crippen molar-refractivity contribution in [3.8, 4) is 0 Å². The SMILES string of the molecule is NC(=O)c1cnc(Nc2cccc(Cl)c2)cc1NCc1cncc(F)c1. The third-order valence-electron chi connectivity index (χ3n) is 3.51. The summed E-state index contributed by atoms with van der Waals surface area (Å²) in [5.41, 5.74) is 7.48. The van der Waals surface area contributed by atoms with Crippen molar-refractivity contribution < 1.29 is 9.18 Å². The number of halogens is 2. The number of carbonyl (C=O) groups excluding carboxylic acids is 1. The molecule has 1 amide bonds. The van der Waals surface area contributed by atoms with Crippen LogP contribution >= 0.6 is 11.6 Å². The lowest BCUT2D eigenvalue weighted by Crippen LogP contribution is -2.15. The number of nitrogens with two attached hydrogens (primary N) is 1. The zero-order valence-corrected chi connectivity index (χ0v) is 14.3. The van der Waals surface area contributed by atoms with E-state index >= 15 is 0 Å². The number of pyridine rings is 2. The minimum absolute atomic E-state index is 0.228. The molecule has 3 rings (SSSR count). The van der Waals surface area contributed by atoms with E-state index in [1.165, 1.54) is 18.5 Å². The number of carbonyl (C=O) groups is 1. The molecule has 2 heterocycles. The molecule has 0 saturated heterocycles. The third kappa shape index (κ3) is 4.46. The van der Waals surface area contributed by atoms with Crippen molar-refractivity contribution in [3.63, 3.8) is 0 Å². The molecule has 6 nitrogen and oxygen atoms in total. The Morgan fingerprint density at radius 2 is 2.04 bits per heavy atom. The van der Waals surface area contributed by atoms with E-state index in [0.717, 1.165) is 11.9 Å². The number of anilines is 3. The van der Waals surface area contributed by atoms with Crippen LogP contribution in [0.15, 0.2) is 55.0 Å². The van der Waals surface area contributed by atoms with Crippen LogP contribution in [0.3, 0.4) is 0 Å². The number of hydrogen-bond donors (Lipinski definition) is 3. The monoisotopic (exact) mass is 371 g/mol. The molecule has 0 atom stereocenters. The van der Waals surface area contributed by atoms with Crippen LogP contribution < -0.4 is 16.4 Å².